The SMILES string of the molecule is NC1CCCCC1C(=O)c1ccc(F)cc1F. The average molecular weight is 239 g/mol. The molecule has 0 radical (unpaired) electrons. The minimum Gasteiger partial charge on any atom is -0.327 e. The molecule has 4 heteroatoms. The van der Waals surface area contributed by atoms with E-state index < -0.39 is 11.6 Å². The fourth-order valence-corrected chi connectivity index (χ4v) is 2.37. The minimum atomic E-state index is -0.798. The molecule has 0 saturated heterocycles. The molecule has 0 heterocycles. The number of carbonyl (C=O) groups excluding carboxylic acids is 1. The van der Waals surface area contributed by atoms with E-state index in [9.17, 15) is 13.6 Å². The Morgan fingerprint density at radius 1 is 1.24 bits per heavy atom. The molecule has 2 unspecified atom stereocenters. The van der Waals surface area contributed by atoms with Crippen molar-refractivity contribution in [1.29, 1.82) is 0 Å². The molecule has 0 spiro atoms. The second-order valence-corrected chi connectivity index (χ2v) is 4.54. The lowest BCUT2D eigenvalue weighted by molar-refractivity contribution is 0.0866. The monoisotopic (exact) mass is 239 g/mol. The number of Topliss-reactive ketones (excluding diaryl/α,β-unsaturated/α-hetero) is 1. The first-order valence-electron chi connectivity index (χ1n) is 5.84. The number of carbonyl (C=O) groups is 1. The predicted molar refractivity (Wildman–Crippen MR) is 60.6 cm³/mol. The Morgan fingerprint density at radius 3 is 2.59 bits per heavy atom. The van der Waals surface area contributed by atoms with Gasteiger partial charge in [0.15, 0.2) is 5.78 Å². The Balaban J connectivity index is 2.24. The first-order valence-corrected chi connectivity index (χ1v) is 5.84. The number of hydrogen-bond donors (Lipinski definition) is 1. The molecule has 2 N–H and O–H groups in total. The molecule has 1 aromatic carbocycles. The van der Waals surface area contributed by atoms with Crippen LogP contribution in [0.5, 0.6) is 0 Å². The summed E-state index contributed by atoms with van der Waals surface area (Å²) in [5.74, 6) is -2.10. The zero-order valence-electron chi connectivity index (χ0n) is 9.46. The second kappa shape index (κ2) is 4.92. The normalized spacial score (nSPS) is 24.6. The van der Waals surface area contributed by atoms with Crippen LogP contribution in [-0.4, -0.2) is 11.8 Å². The number of halogens is 2. The molecule has 0 aromatic heterocycles. The van der Waals surface area contributed by atoms with Crippen LogP contribution in [0.25, 0.3) is 0 Å². The topological polar surface area (TPSA) is 43.1 Å². The van der Waals surface area contributed by atoms with Gasteiger partial charge in [0.1, 0.15) is 11.6 Å². The van der Waals surface area contributed by atoms with Crippen molar-refractivity contribution >= 4 is 5.78 Å². The van der Waals surface area contributed by atoms with Crippen LogP contribution in [0, 0.1) is 17.6 Å². The molecule has 1 saturated carbocycles. The van der Waals surface area contributed by atoms with E-state index in [1.54, 1.807) is 0 Å². The number of ketones is 1. The van der Waals surface area contributed by atoms with Gasteiger partial charge in [0.25, 0.3) is 0 Å². The van der Waals surface area contributed by atoms with E-state index in [-0.39, 0.29) is 23.3 Å². The van der Waals surface area contributed by atoms with Crippen molar-refractivity contribution in [2.75, 3.05) is 0 Å². The molecule has 2 atom stereocenters. The molecule has 0 bridgehead atoms. The number of nitrogens with two attached hydrogens (primary N) is 1. The van der Waals surface area contributed by atoms with Gasteiger partial charge in [0.05, 0.1) is 5.56 Å². The van der Waals surface area contributed by atoms with Gasteiger partial charge < -0.3 is 5.73 Å². The third-order valence-electron chi connectivity index (χ3n) is 3.35. The van der Waals surface area contributed by atoms with Crippen LogP contribution >= 0.6 is 0 Å². The summed E-state index contributed by atoms with van der Waals surface area (Å²) in [6, 6.07) is 2.83. The molecule has 0 amide bonds. The average Bonchev–Trinajstić information content (AvgIpc) is 2.29. The molecule has 0 aliphatic heterocycles. The van der Waals surface area contributed by atoms with Gasteiger partial charge in [-0.2, -0.15) is 0 Å². The van der Waals surface area contributed by atoms with Gasteiger partial charge in [-0.05, 0) is 25.0 Å². The van der Waals surface area contributed by atoms with Crippen molar-refractivity contribution in [2.24, 2.45) is 11.7 Å². The number of rotatable bonds is 2. The van der Waals surface area contributed by atoms with Crippen molar-refractivity contribution < 1.29 is 13.6 Å². The van der Waals surface area contributed by atoms with Crippen molar-refractivity contribution in [1.82, 2.24) is 0 Å². The maximum Gasteiger partial charge on any atom is 0.170 e. The van der Waals surface area contributed by atoms with Gasteiger partial charge in [0.2, 0.25) is 0 Å². The Labute approximate surface area is 98.8 Å². The molecule has 1 aliphatic rings. The van der Waals surface area contributed by atoms with E-state index in [4.69, 9.17) is 5.73 Å². The summed E-state index contributed by atoms with van der Waals surface area (Å²) in [5, 5.41) is 0. The first-order chi connectivity index (χ1) is 8.09. The Kier molecular flexibility index (Phi) is 3.52. The van der Waals surface area contributed by atoms with Crippen LogP contribution in [0.15, 0.2) is 18.2 Å². The van der Waals surface area contributed by atoms with Crippen LogP contribution in [0.3, 0.4) is 0 Å². The summed E-state index contributed by atoms with van der Waals surface area (Å²) >= 11 is 0. The summed E-state index contributed by atoms with van der Waals surface area (Å²) in [6.45, 7) is 0. The summed E-state index contributed by atoms with van der Waals surface area (Å²) in [6.07, 6.45) is 3.43. The van der Waals surface area contributed by atoms with Crippen molar-refractivity contribution in [3.8, 4) is 0 Å². The smallest absolute Gasteiger partial charge is 0.170 e. The molecule has 1 aromatic rings. The Morgan fingerprint density at radius 2 is 1.94 bits per heavy atom. The van der Waals surface area contributed by atoms with E-state index in [2.05, 4.69) is 0 Å². The highest BCUT2D eigenvalue weighted by Crippen LogP contribution is 2.27. The highest BCUT2D eigenvalue weighted by Gasteiger charge is 2.30. The van der Waals surface area contributed by atoms with E-state index in [0.717, 1.165) is 31.4 Å². The lowest BCUT2D eigenvalue weighted by Gasteiger charge is -2.27. The van der Waals surface area contributed by atoms with E-state index in [0.29, 0.717) is 6.42 Å². The van der Waals surface area contributed by atoms with Crippen LogP contribution in [0.4, 0.5) is 8.78 Å². The lowest BCUT2D eigenvalue weighted by Crippen LogP contribution is -2.38. The van der Waals surface area contributed by atoms with Crippen LogP contribution in [0.2, 0.25) is 0 Å². The maximum atomic E-state index is 13.5. The number of benzene rings is 1. The third-order valence-corrected chi connectivity index (χ3v) is 3.35. The van der Waals surface area contributed by atoms with E-state index in [1.165, 1.54) is 6.07 Å². The third kappa shape index (κ3) is 2.52. The van der Waals surface area contributed by atoms with Crippen LogP contribution in [0.1, 0.15) is 36.0 Å². The highest BCUT2D eigenvalue weighted by atomic mass is 19.1. The van der Waals surface area contributed by atoms with Gasteiger partial charge in [-0.1, -0.05) is 12.8 Å². The summed E-state index contributed by atoms with van der Waals surface area (Å²) in [4.78, 5) is 12.1. The molecule has 92 valence electrons. The first kappa shape index (κ1) is 12.2. The predicted octanol–water partition coefficient (Wildman–Crippen LogP) is 2.67. The highest BCUT2D eigenvalue weighted by molar-refractivity contribution is 5.98. The molecule has 1 aliphatic carbocycles. The van der Waals surface area contributed by atoms with Gasteiger partial charge in [0, 0.05) is 18.0 Å². The molecular weight excluding hydrogens is 224 g/mol. The standard InChI is InChI=1S/C13H15F2NO/c14-8-5-6-9(11(15)7-8)13(17)10-3-1-2-4-12(10)16/h5-7,10,12H,1-4,16H2. The van der Waals surface area contributed by atoms with Gasteiger partial charge in [-0.15, -0.1) is 0 Å². The van der Waals surface area contributed by atoms with Gasteiger partial charge in [-0.3, -0.25) is 4.79 Å². The molecule has 2 rings (SSSR count). The van der Waals surface area contributed by atoms with E-state index >= 15 is 0 Å². The lowest BCUT2D eigenvalue weighted by atomic mass is 9.80. The minimum absolute atomic E-state index is 0.0475. The summed E-state index contributed by atoms with van der Waals surface area (Å²) < 4.78 is 26.2. The van der Waals surface area contributed by atoms with Crippen LogP contribution < -0.4 is 5.73 Å². The Hall–Kier alpha value is -1.29. The number of hydrogen-bond acceptors (Lipinski definition) is 2. The molecule has 2 nitrogen and oxygen atoms in total. The molecular formula is C13H15F2NO. The quantitative estimate of drug-likeness (QED) is 0.806. The molecule has 1 fully saturated rings. The summed E-state index contributed by atoms with van der Waals surface area (Å²) in [5.41, 5.74) is 5.83. The zero-order chi connectivity index (χ0) is 12.4. The summed E-state index contributed by atoms with van der Waals surface area (Å²) in [7, 11) is 0. The molecule has 17 heavy (non-hydrogen) atoms. The van der Waals surface area contributed by atoms with Gasteiger partial charge in [-0.25, -0.2) is 8.78 Å². The van der Waals surface area contributed by atoms with Crippen molar-refractivity contribution in [2.45, 2.75) is 31.7 Å². The zero-order valence-corrected chi connectivity index (χ0v) is 9.46. The van der Waals surface area contributed by atoms with Gasteiger partial charge >= 0.3 is 0 Å². The van der Waals surface area contributed by atoms with Crippen LogP contribution in [-0.2, 0) is 0 Å². The largest absolute Gasteiger partial charge is 0.327 e. The second-order valence-electron chi connectivity index (χ2n) is 4.54. The van der Waals surface area contributed by atoms with Crippen molar-refractivity contribution in [3.63, 3.8) is 0 Å². The Bertz CT molecular complexity index is 433. The van der Waals surface area contributed by atoms with E-state index in [1.807, 2.05) is 0 Å². The fourth-order valence-electron chi connectivity index (χ4n) is 2.37. The maximum absolute atomic E-state index is 13.5. The van der Waals surface area contributed by atoms with Crippen molar-refractivity contribution in [3.05, 3.63) is 35.4 Å². The fraction of sp³-hybridized carbons (Fsp3) is 0.462.